The highest BCUT2D eigenvalue weighted by atomic mass is 35.5. The Morgan fingerprint density at radius 3 is 2.49 bits per heavy atom. The smallest absolute Gasteiger partial charge is 0.390 e. The highest BCUT2D eigenvalue weighted by Gasteiger charge is 2.36. The zero-order chi connectivity index (χ0) is 30.5. The normalized spacial score (nSPS) is 19.9. The van der Waals surface area contributed by atoms with E-state index in [2.05, 4.69) is 4.90 Å². The predicted octanol–water partition coefficient (Wildman–Crippen LogP) is 4.29. The van der Waals surface area contributed by atoms with Crippen molar-refractivity contribution in [1.82, 2.24) is 19.0 Å². The van der Waals surface area contributed by atoms with Gasteiger partial charge in [-0.05, 0) is 48.7 Å². The molecule has 3 aliphatic heterocycles. The summed E-state index contributed by atoms with van der Waals surface area (Å²) in [6.07, 6.45) is -1.04. The van der Waals surface area contributed by atoms with E-state index in [-0.39, 0.29) is 18.5 Å². The van der Waals surface area contributed by atoms with Gasteiger partial charge in [-0.15, -0.1) is 0 Å². The number of nitrogens with zero attached hydrogens (tertiary/aromatic N) is 5. The van der Waals surface area contributed by atoms with Gasteiger partial charge in [0.05, 0.1) is 41.3 Å². The molecule has 1 saturated heterocycles. The molecule has 0 bridgehead atoms. The van der Waals surface area contributed by atoms with Crippen LogP contribution in [0.15, 0.2) is 42.5 Å². The van der Waals surface area contributed by atoms with Crippen LogP contribution in [0.1, 0.15) is 35.2 Å². The molecular weight excluding hydrogens is 603 g/mol. The van der Waals surface area contributed by atoms with Crippen molar-refractivity contribution in [2.75, 3.05) is 37.3 Å². The van der Waals surface area contributed by atoms with E-state index in [0.29, 0.717) is 48.8 Å². The number of carbonyl (C=O) groups is 1. The Balaban J connectivity index is 1.13. The lowest BCUT2D eigenvalue weighted by molar-refractivity contribution is -0.137. The van der Waals surface area contributed by atoms with E-state index >= 15 is 0 Å². The average molecular weight is 636 g/mol. The number of hydrogen-bond donors (Lipinski definition) is 1. The number of fused-ring (bicyclic) bond motifs is 2. The van der Waals surface area contributed by atoms with Gasteiger partial charge < -0.3 is 14.9 Å². The highest BCUT2D eigenvalue weighted by molar-refractivity contribution is 7.81. The van der Waals surface area contributed by atoms with E-state index in [1.165, 1.54) is 12.1 Å². The molecule has 4 heterocycles. The van der Waals surface area contributed by atoms with Gasteiger partial charge in [-0.1, -0.05) is 23.7 Å². The van der Waals surface area contributed by atoms with Crippen LogP contribution in [0.3, 0.4) is 0 Å². The molecule has 1 aromatic heterocycles. The van der Waals surface area contributed by atoms with E-state index in [0.717, 1.165) is 60.6 Å². The van der Waals surface area contributed by atoms with E-state index in [1.807, 2.05) is 23.1 Å². The Bertz CT molecular complexity index is 1540. The number of aliphatic hydroxyl groups excluding tert-OH is 1. The Kier molecular flexibility index (Phi) is 8.42. The number of alkyl halides is 3. The number of piperidine rings is 1. The van der Waals surface area contributed by atoms with Gasteiger partial charge in [-0.25, -0.2) is 8.51 Å². The average Bonchev–Trinajstić information content (AvgIpc) is 3.48. The molecule has 6 rings (SSSR count). The molecule has 13 heteroatoms. The van der Waals surface area contributed by atoms with Crippen molar-refractivity contribution in [3.05, 3.63) is 69.9 Å². The number of hydrogen-bond acceptors (Lipinski definition) is 5. The molecule has 43 heavy (non-hydrogen) atoms. The molecule has 1 amide bonds. The number of likely N-dealkylation sites (tertiary alicyclic amines) is 1. The third kappa shape index (κ3) is 6.26. The Morgan fingerprint density at radius 2 is 1.81 bits per heavy atom. The summed E-state index contributed by atoms with van der Waals surface area (Å²) in [5, 5.41) is 16.5. The van der Waals surface area contributed by atoms with Gasteiger partial charge in [0.2, 0.25) is 5.91 Å². The zero-order valence-corrected chi connectivity index (χ0v) is 25.3. The Hall–Kier alpha value is -2.77. The zero-order valence-electron chi connectivity index (χ0n) is 23.7. The van der Waals surface area contributed by atoms with Crippen LogP contribution in [0.25, 0.3) is 11.3 Å². The van der Waals surface area contributed by atoms with Gasteiger partial charge in [0.25, 0.3) is 0 Å². The van der Waals surface area contributed by atoms with Gasteiger partial charge in [-0.3, -0.25) is 9.48 Å². The fourth-order valence-corrected chi connectivity index (χ4v) is 7.37. The number of anilines is 1. The van der Waals surface area contributed by atoms with Crippen molar-refractivity contribution in [1.29, 1.82) is 0 Å². The van der Waals surface area contributed by atoms with Gasteiger partial charge >= 0.3 is 6.18 Å². The number of aliphatic hydroxyl groups is 1. The lowest BCUT2D eigenvalue weighted by Gasteiger charge is -2.37. The first-order valence-corrected chi connectivity index (χ1v) is 16.2. The Labute approximate surface area is 255 Å². The summed E-state index contributed by atoms with van der Waals surface area (Å²) >= 11 is 6.12. The minimum Gasteiger partial charge on any atom is -0.390 e. The van der Waals surface area contributed by atoms with Gasteiger partial charge in [0, 0.05) is 79.0 Å². The van der Waals surface area contributed by atoms with Gasteiger partial charge in [0.15, 0.2) is 0 Å². The van der Waals surface area contributed by atoms with Crippen molar-refractivity contribution < 1.29 is 27.3 Å². The van der Waals surface area contributed by atoms with Crippen molar-refractivity contribution in [2.45, 2.75) is 57.1 Å². The maximum absolute atomic E-state index is 13.2. The van der Waals surface area contributed by atoms with Crippen LogP contribution in [-0.2, 0) is 47.9 Å². The summed E-state index contributed by atoms with van der Waals surface area (Å²) in [6, 6.07) is 10.6. The first-order chi connectivity index (χ1) is 20.5. The fraction of sp³-hybridized carbons (Fsp3) is 0.467. The fourth-order valence-electron chi connectivity index (χ4n) is 6.51. The van der Waals surface area contributed by atoms with E-state index in [1.54, 1.807) is 15.2 Å². The molecular formula is C30H33ClF3N5O3S. The number of rotatable bonds is 7. The number of aromatic nitrogens is 2. The SMILES string of the molecule is CS(=O)N1CCc2c(c(-c3ccc(C(F)(F)F)cc3)nn2CC(O)CN2CCC(N3C(=O)Cc4cc(Cl)ccc43)CC2)C1. The second-order valence-electron chi connectivity index (χ2n) is 11.5. The van der Waals surface area contributed by atoms with Crippen molar-refractivity contribution in [3.63, 3.8) is 0 Å². The van der Waals surface area contributed by atoms with Crippen LogP contribution in [0.2, 0.25) is 5.02 Å². The second kappa shape index (κ2) is 12.0. The quantitative estimate of drug-likeness (QED) is 0.419. The molecule has 2 unspecified atom stereocenters. The molecule has 1 N–H and O–H groups in total. The third-order valence-corrected chi connectivity index (χ3v) is 9.91. The van der Waals surface area contributed by atoms with E-state index < -0.39 is 28.8 Å². The standard InChI is InChI=1S/C30H33ClF3N5O3S/c1-43(42)37-13-10-27-25(18-37)29(19-2-4-21(5-3-19)30(32,33)34)35-38(27)17-24(40)16-36-11-8-23(9-12-36)39-26-7-6-22(31)14-20(26)15-28(39)41/h2-7,14,23-24,40H,8-13,15-18H2,1H3. The largest absolute Gasteiger partial charge is 0.416 e. The number of amides is 1. The molecule has 0 aliphatic carbocycles. The van der Waals surface area contributed by atoms with E-state index in [9.17, 15) is 27.3 Å². The molecule has 1 fully saturated rings. The van der Waals surface area contributed by atoms with Crippen LogP contribution in [0, 0.1) is 0 Å². The van der Waals surface area contributed by atoms with Crippen LogP contribution >= 0.6 is 11.6 Å². The minimum absolute atomic E-state index is 0.0912. The summed E-state index contributed by atoms with van der Waals surface area (Å²) in [4.78, 5) is 16.9. The number of β-amino-alcohol motifs (C(OH)–C–C–N with tert-alkyl or cyclic N) is 1. The third-order valence-electron chi connectivity index (χ3n) is 8.63. The number of benzene rings is 2. The highest BCUT2D eigenvalue weighted by Crippen LogP contribution is 2.36. The van der Waals surface area contributed by atoms with Crippen LogP contribution < -0.4 is 4.90 Å². The summed E-state index contributed by atoms with van der Waals surface area (Å²) in [7, 11) is -1.20. The summed E-state index contributed by atoms with van der Waals surface area (Å²) in [5.41, 5.74) is 3.98. The van der Waals surface area contributed by atoms with Crippen molar-refractivity contribution in [2.24, 2.45) is 0 Å². The maximum atomic E-state index is 13.2. The van der Waals surface area contributed by atoms with Gasteiger partial charge in [0.1, 0.15) is 0 Å². The molecule has 2 aromatic carbocycles. The molecule has 0 radical (unpaired) electrons. The second-order valence-corrected chi connectivity index (χ2v) is 13.3. The van der Waals surface area contributed by atoms with E-state index in [4.69, 9.17) is 16.7 Å². The first-order valence-electron chi connectivity index (χ1n) is 14.3. The molecule has 3 aliphatic rings. The monoisotopic (exact) mass is 635 g/mol. The maximum Gasteiger partial charge on any atom is 0.416 e. The van der Waals surface area contributed by atoms with Crippen LogP contribution in [-0.4, -0.2) is 78.8 Å². The minimum atomic E-state index is -4.44. The number of halogens is 4. The summed E-state index contributed by atoms with van der Waals surface area (Å²) in [5.74, 6) is 0.0912. The van der Waals surface area contributed by atoms with Crippen molar-refractivity contribution in [3.8, 4) is 11.3 Å². The lowest BCUT2D eigenvalue weighted by atomic mass is 10.0. The van der Waals surface area contributed by atoms with Crippen molar-refractivity contribution >= 4 is 34.2 Å². The molecule has 0 spiro atoms. The summed E-state index contributed by atoms with van der Waals surface area (Å²) < 4.78 is 55.3. The van der Waals surface area contributed by atoms with Gasteiger partial charge in [-0.2, -0.15) is 18.3 Å². The predicted molar refractivity (Wildman–Crippen MR) is 159 cm³/mol. The lowest BCUT2D eigenvalue weighted by Crippen LogP contribution is -2.48. The Morgan fingerprint density at radius 1 is 1.09 bits per heavy atom. The van der Waals surface area contributed by atoms with Crippen LogP contribution in [0.5, 0.6) is 0 Å². The first kappa shape index (κ1) is 30.3. The molecule has 2 atom stereocenters. The molecule has 3 aromatic rings. The molecule has 8 nitrogen and oxygen atoms in total. The topological polar surface area (TPSA) is 81.9 Å². The number of carbonyl (C=O) groups excluding carboxylic acids is 1. The molecule has 0 saturated carbocycles. The van der Waals surface area contributed by atoms with Crippen LogP contribution in [0.4, 0.5) is 18.9 Å². The summed E-state index contributed by atoms with van der Waals surface area (Å²) in [6.45, 7) is 3.06. The molecule has 230 valence electrons.